The standard InChI is InChI=1S/C8H11IO4/c1-12-7(10)6(4-3-5-9)8(11)13-2/h3,5-6H,4H2,1-2H3/b5-3+. The van der Waals surface area contributed by atoms with E-state index in [9.17, 15) is 9.59 Å². The molecule has 0 unspecified atom stereocenters. The van der Waals surface area contributed by atoms with Crippen molar-refractivity contribution in [3.8, 4) is 0 Å². The van der Waals surface area contributed by atoms with Crippen LogP contribution >= 0.6 is 22.6 Å². The lowest BCUT2D eigenvalue weighted by Crippen LogP contribution is -2.25. The molecule has 0 aromatic heterocycles. The molecule has 0 saturated heterocycles. The van der Waals surface area contributed by atoms with Gasteiger partial charge in [0, 0.05) is 0 Å². The second-order valence-electron chi connectivity index (χ2n) is 2.20. The summed E-state index contributed by atoms with van der Waals surface area (Å²) in [6.45, 7) is 0. The van der Waals surface area contributed by atoms with E-state index in [1.54, 1.807) is 10.2 Å². The summed E-state index contributed by atoms with van der Waals surface area (Å²) in [5.41, 5.74) is 0. The Morgan fingerprint density at radius 3 is 2.08 bits per heavy atom. The maximum absolute atomic E-state index is 11.1. The lowest BCUT2D eigenvalue weighted by molar-refractivity contribution is -0.158. The molecule has 0 N–H and O–H groups in total. The number of ether oxygens (including phenoxy) is 2. The topological polar surface area (TPSA) is 52.6 Å². The minimum Gasteiger partial charge on any atom is -0.468 e. The minimum absolute atomic E-state index is 0.308. The van der Waals surface area contributed by atoms with Crippen LogP contribution in [-0.4, -0.2) is 26.2 Å². The van der Waals surface area contributed by atoms with Crippen LogP contribution in [-0.2, 0) is 19.1 Å². The number of esters is 2. The molecule has 0 fully saturated rings. The maximum atomic E-state index is 11.1. The Kier molecular flexibility index (Phi) is 6.56. The Balaban J connectivity index is 4.35. The van der Waals surface area contributed by atoms with E-state index in [0.29, 0.717) is 6.42 Å². The van der Waals surface area contributed by atoms with Crippen LogP contribution in [0.2, 0.25) is 0 Å². The Hall–Kier alpha value is -0.590. The lowest BCUT2D eigenvalue weighted by atomic mass is 10.1. The van der Waals surface area contributed by atoms with Crippen molar-refractivity contribution in [2.24, 2.45) is 5.92 Å². The molecule has 0 atom stereocenters. The van der Waals surface area contributed by atoms with Gasteiger partial charge in [-0.15, -0.1) is 0 Å². The smallest absolute Gasteiger partial charge is 0.320 e. The largest absolute Gasteiger partial charge is 0.468 e. The van der Waals surface area contributed by atoms with E-state index >= 15 is 0 Å². The summed E-state index contributed by atoms with van der Waals surface area (Å²) in [5, 5.41) is 0. The summed E-state index contributed by atoms with van der Waals surface area (Å²) in [4.78, 5) is 22.1. The average Bonchev–Trinajstić information content (AvgIpc) is 2.17. The first-order valence-corrected chi connectivity index (χ1v) is 4.82. The molecule has 0 rings (SSSR count). The van der Waals surface area contributed by atoms with Crippen LogP contribution in [0.5, 0.6) is 0 Å². The van der Waals surface area contributed by atoms with E-state index in [1.165, 1.54) is 14.2 Å². The highest BCUT2D eigenvalue weighted by Crippen LogP contribution is 2.09. The molecule has 4 nitrogen and oxygen atoms in total. The highest BCUT2D eigenvalue weighted by atomic mass is 127. The van der Waals surface area contributed by atoms with Gasteiger partial charge in [0.1, 0.15) is 0 Å². The number of allylic oxidation sites excluding steroid dienone is 1. The summed E-state index contributed by atoms with van der Waals surface area (Å²) in [6.07, 6.45) is 2.02. The number of hydrogen-bond acceptors (Lipinski definition) is 4. The molecule has 0 bridgehead atoms. The fraction of sp³-hybridized carbons (Fsp3) is 0.500. The SMILES string of the molecule is COC(=O)C(C/C=C/I)C(=O)OC. The predicted molar refractivity (Wildman–Crippen MR) is 55.3 cm³/mol. The normalized spacial score (nSPS) is 10.5. The van der Waals surface area contributed by atoms with Gasteiger partial charge in [-0.3, -0.25) is 9.59 Å². The Morgan fingerprint density at radius 2 is 1.77 bits per heavy atom. The number of methoxy groups -OCH3 is 2. The number of hydrogen-bond donors (Lipinski definition) is 0. The average molecular weight is 298 g/mol. The van der Waals surface area contributed by atoms with Crippen LogP contribution in [0.3, 0.4) is 0 Å². The van der Waals surface area contributed by atoms with E-state index in [-0.39, 0.29) is 0 Å². The molecular formula is C8H11IO4. The fourth-order valence-electron chi connectivity index (χ4n) is 0.761. The van der Waals surface area contributed by atoms with Gasteiger partial charge in [-0.25, -0.2) is 0 Å². The van der Waals surface area contributed by atoms with Crippen molar-refractivity contribution in [3.63, 3.8) is 0 Å². The molecule has 0 aliphatic heterocycles. The molecule has 5 heteroatoms. The van der Waals surface area contributed by atoms with Crippen LogP contribution in [0.25, 0.3) is 0 Å². The third kappa shape index (κ3) is 4.25. The first-order valence-electron chi connectivity index (χ1n) is 3.58. The third-order valence-electron chi connectivity index (χ3n) is 1.43. The summed E-state index contributed by atoms with van der Waals surface area (Å²) < 4.78 is 10.6. The van der Waals surface area contributed by atoms with E-state index in [2.05, 4.69) is 9.47 Å². The van der Waals surface area contributed by atoms with Crippen molar-refractivity contribution in [2.75, 3.05) is 14.2 Å². The predicted octanol–water partition coefficient (Wildman–Crippen LogP) is 1.29. The molecule has 0 spiro atoms. The van der Waals surface area contributed by atoms with Crippen LogP contribution in [0.15, 0.2) is 10.2 Å². The zero-order valence-electron chi connectivity index (χ0n) is 7.45. The third-order valence-corrected chi connectivity index (χ3v) is 1.94. The minimum atomic E-state index is -0.846. The monoisotopic (exact) mass is 298 g/mol. The van der Waals surface area contributed by atoms with Crippen molar-refractivity contribution in [1.29, 1.82) is 0 Å². The molecule has 0 amide bonds. The Morgan fingerprint density at radius 1 is 1.31 bits per heavy atom. The zero-order chi connectivity index (χ0) is 10.3. The van der Waals surface area contributed by atoms with Gasteiger partial charge in [-0.2, -0.15) is 0 Å². The van der Waals surface area contributed by atoms with Crippen molar-refractivity contribution < 1.29 is 19.1 Å². The van der Waals surface area contributed by atoms with Gasteiger partial charge >= 0.3 is 11.9 Å². The quantitative estimate of drug-likeness (QED) is 0.446. The second-order valence-corrected chi connectivity index (χ2v) is 2.92. The lowest BCUT2D eigenvalue weighted by Gasteiger charge is -2.09. The van der Waals surface area contributed by atoms with Crippen molar-refractivity contribution >= 4 is 34.5 Å². The fourth-order valence-corrected chi connectivity index (χ4v) is 1.05. The second kappa shape index (κ2) is 6.88. The maximum Gasteiger partial charge on any atom is 0.320 e. The summed E-state index contributed by atoms with van der Waals surface area (Å²) in [6, 6.07) is 0. The van der Waals surface area contributed by atoms with Crippen LogP contribution in [0.1, 0.15) is 6.42 Å². The van der Waals surface area contributed by atoms with Crippen LogP contribution in [0, 0.1) is 5.92 Å². The van der Waals surface area contributed by atoms with Crippen molar-refractivity contribution in [1.82, 2.24) is 0 Å². The zero-order valence-corrected chi connectivity index (χ0v) is 9.61. The molecule has 0 aromatic rings. The van der Waals surface area contributed by atoms with Gasteiger partial charge in [0.15, 0.2) is 5.92 Å². The summed E-state index contributed by atoms with van der Waals surface area (Å²) >= 11 is 2.01. The van der Waals surface area contributed by atoms with E-state index in [0.717, 1.165) is 0 Å². The van der Waals surface area contributed by atoms with Crippen molar-refractivity contribution in [3.05, 3.63) is 10.2 Å². The van der Waals surface area contributed by atoms with Gasteiger partial charge in [-0.1, -0.05) is 28.7 Å². The highest BCUT2D eigenvalue weighted by molar-refractivity contribution is 14.1. The first kappa shape index (κ1) is 12.4. The number of rotatable bonds is 4. The molecule has 0 saturated carbocycles. The van der Waals surface area contributed by atoms with Gasteiger partial charge in [0.2, 0.25) is 0 Å². The Labute approximate surface area is 90.4 Å². The number of carbonyl (C=O) groups excluding carboxylic acids is 2. The van der Waals surface area contributed by atoms with Crippen LogP contribution < -0.4 is 0 Å². The molecular weight excluding hydrogens is 287 g/mol. The van der Waals surface area contributed by atoms with Gasteiger partial charge in [0.25, 0.3) is 0 Å². The van der Waals surface area contributed by atoms with E-state index in [4.69, 9.17) is 0 Å². The summed E-state index contributed by atoms with van der Waals surface area (Å²) in [5.74, 6) is -1.98. The molecule has 74 valence electrons. The first-order chi connectivity index (χ1) is 6.17. The van der Waals surface area contributed by atoms with Crippen LogP contribution in [0.4, 0.5) is 0 Å². The Bertz CT molecular complexity index is 196. The van der Waals surface area contributed by atoms with E-state index < -0.39 is 17.9 Å². The molecule has 0 aromatic carbocycles. The molecule has 0 radical (unpaired) electrons. The molecule has 13 heavy (non-hydrogen) atoms. The molecule has 0 aliphatic carbocycles. The van der Waals surface area contributed by atoms with E-state index in [1.807, 2.05) is 22.6 Å². The van der Waals surface area contributed by atoms with Gasteiger partial charge < -0.3 is 9.47 Å². The molecule has 0 aliphatic rings. The number of halogens is 1. The van der Waals surface area contributed by atoms with Gasteiger partial charge in [-0.05, 0) is 10.5 Å². The summed E-state index contributed by atoms with van der Waals surface area (Å²) in [7, 11) is 2.48. The highest BCUT2D eigenvalue weighted by Gasteiger charge is 2.26. The number of carbonyl (C=O) groups is 2. The van der Waals surface area contributed by atoms with Gasteiger partial charge in [0.05, 0.1) is 14.2 Å². The molecule has 0 heterocycles. The van der Waals surface area contributed by atoms with Crippen molar-refractivity contribution in [2.45, 2.75) is 6.42 Å².